The molecule has 0 fully saturated rings. The molecule has 0 saturated carbocycles. The minimum Gasteiger partial charge on any atom is -0.830 e. The highest BCUT2D eigenvalue weighted by Gasteiger charge is 2.30. The monoisotopic (exact) mass is 293 g/mol. The van der Waals surface area contributed by atoms with Crippen molar-refractivity contribution in [1.29, 1.82) is 0 Å². The Morgan fingerprint density at radius 3 is 1.45 bits per heavy atom. The van der Waals surface area contributed by atoms with Crippen LogP contribution in [-0.2, 0) is 0 Å². The van der Waals surface area contributed by atoms with E-state index in [4.69, 9.17) is 0 Å². The average Bonchev–Trinajstić information content (AvgIpc) is 2.91. The van der Waals surface area contributed by atoms with Crippen molar-refractivity contribution < 1.29 is 9.59 Å². The zero-order valence-electron chi connectivity index (χ0n) is 13.6. The van der Waals surface area contributed by atoms with Crippen LogP contribution in [0.15, 0.2) is 54.4 Å². The Labute approximate surface area is 132 Å². The molecule has 0 radical (unpaired) electrons. The summed E-state index contributed by atoms with van der Waals surface area (Å²) < 4.78 is 0.512. The summed E-state index contributed by atoms with van der Waals surface area (Å²) in [5, 5.41) is 13.4. The summed E-state index contributed by atoms with van der Waals surface area (Å²) in [6.45, 7) is 8.83. The molecule has 0 amide bonds. The van der Waals surface area contributed by atoms with Crippen LogP contribution in [0.4, 0.5) is 0 Å². The topological polar surface area (TPSA) is 23.1 Å². The Morgan fingerprint density at radius 2 is 1.09 bits per heavy atom. The lowest BCUT2D eigenvalue weighted by Gasteiger charge is -2.41. The number of quaternary nitrogens is 1. The van der Waals surface area contributed by atoms with Gasteiger partial charge in [0.05, 0.1) is 25.5 Å². The normalized spacial score (nSPS) is 13.0. The Hall–Kier alpha value is -2.06. The van der Waals surface area contributed by atoms with Crippen molar-refractivity contribution in [1.82, 2.24) is 0 Å². The molecule has 2 heteroatoms. The molecule has 0 spiro atoms. The fourth-order valence-electron chi connectivity index (χ4n) is 3.59. The van der Waals surface area contributed by atoms with E-state index in [0.29, 0.717) is 4.48 Å². The first-order chi connectivity index (χ1) is 10.7. The van der Waals surface area contributed by atoms with Gasteiger partial charge in [0.2, 0.25) is 0 Å². The van der Waals surface area contributed by atoms with Crippen molar-refractivity contribution in [3.63, 3.8) is 0 Å². The average molecular weight is 293 g/mol. The Morgan fingerprint density at radius 1 is 0.727 bits per heavy atom. The van der Waals surface area contributed by atoms with Crippen LogP contribution in [0.25, 0.3) is 16.7 Å². The molecule has 114 valence electrons. The number of nitrogens with zero attached hydrogens (tertiary/aromatic N) is 1. The molecule has 0 heterocycles. The molecule has 0 unspecified atom stereocenters. The van der Waals surface area contributed by atoms with E-state index in [1.807, 2.05) is 24.3 Å². The van der Waals surface area contributed by atoms with Crippen LogP contribution < -0.4 is 5.11 Å². The van der Waals surface area contributed by atoms with Gasteiger partial charge in [0.15, 0.2) is 0 Å². The molecule has 2 aromatic rings. The van der Waals surface area contributed by atoms with Gasteiger partial charge < -0.3 is 9.59 Å². The zero-order chi connectivity index (χ0) is 15.7. The van der Waals surface area contributed by atoms with Crippen LogP contribution in [0.1, 0.15) is 31.9 Å². The maximum absolute atomic E-state index is 13.4. The smallest absolute Gasteiger partial charge is 0.0795 e. The highest BCUT2D eigenvalue weighted by atomic mass is 16.3. The van der Waals surface area contributed by atoms with E-state index in [1.54, 1.807) is 0 Å². The van der Waals surface area contributed by atoms with Crippen molar-refractivity contribution >= 4 is 5.57 Å². The maximum atomic E-state index is 13.4. The molecule has 2 aromatic carbocycles. The predicted molar refractivity (Wildman–Crippen MR) is 89.8 cm³/mol. The summed E-state index contributed by atoms with van der Waals surface area (Å²) in [7, 11) is 0. The lowest BCUT2D eigenvalue weighted by molar-refractivity contribution is -0.929. The van der Waals surface area contributed by atoms with Gasteiger partial charge in [0.25, 0.3) is 0 Å². The molecule has 2 nitrogen and oxygen atoms in total. The lowest BCUT2D eigenvalue weighted by Crippen LogP contribution is -2.51. The number of hydrogen-bond donors (Lipinski definition) is 0. The summed E-state index contributed by atoms with van der Waals surface area (Å²) in [4.78, 5) is 0. The van der Waals surface area contributed by atoms with Crippen LogP contribution in [0, 0.1) is 0 Å². The number of rotatable bonds is 4. The predicted octanol–water partition coefficient (Wildman–Crippen LogP) is 3.62. The van der Waals surface area contributed by atoms with Gasteiger partial charge in [-0.1, -0.05) is 48.5 Å². The second-order valence-electron chi connectivity index (χ2n) is 5.87. The molecule has 3 rings (SSSR count). The van der Waals surface area contributed by atoms with Crippen LogP contribution in [0.2, 0.25) is 0 Å². The Kier molecular flexibility index (Phi) is 3.79. The van der Waals surface area contributed by atoms with E-state index in [0.717, 1.165) is 36.3 Å². The molecular formula is C20H23NO. The highest BCUT2D eigenvalue weighted by molar-refractivity contribution is 6.01. The van der Waals surface area contributed by atoms with Crippen molar-refractivity contribution in [2.45, 2.75) is 20.8 Å². The molecule has 0 N–H and O–H groups in total. The quantitative estimate of drug-likeness (QED) is 0.532. The van der Waals surface area contributed by atoms with Gasteiger partial charge in [0, 0.05) is 5.57 Å². The van der Waals surface area contributed by atoms with Gasteiger partial charge >= 0.3 is 0 Å². The van der Waals surface area contributed by atoms with E-state index in [9.17, 15) is 5.11 Å². The molecule has 1 aliphatic rings. The molecule has 0 aliphatic heterocycles. The largest absolute Gasteiger partial charge is 0.830 e. The SMILES string of the molecule is CC[N+](CC)(CC)C([O-])=C1c2ccccc2-c2ccccc21. The van der Waals surface area contributed by atoms with Gasteiger partial charge in [-0.25, -0.2) is 0 Å². The van der Waals surface area contributed by atoms with Crippen LogP contribution in [0.5, 0.6) is 0 Å². The van der Waals surface area contributed by atoms with E-state index in [-0.39, 0.29) is 5.88 Å². The molecular weight excluding hydrogens is 270 g/mol. The number of benzene rings is 2. The van der Waals surface area contributed by atoms with Gasteiger partial charge in [0.1, 0.15) is 0 Å². The fourth-order valence-corrected chi connectivity index (χ4v) is 3.59. The summed E-state index contributed by atoms with van der Waals surface area (Å²) in [6.07, 6.45) is 0. The van der Waals surface area contributed by atoms with Gasteiger partial charge in [-0.05, 0) is 43.0 Å². The van der Waals surface area contributed by atoms with E-state index < -0.39 is 0 Å². The third kappa shape index (κ3) is 1.98. The number of fused-ring (bicyclic) bond motifs is 3. The minimum atomic E-state index is 0.255. The summed E-state index contributed by atoms with van der Waals surface area (Å²) >= 11 is 0. The third-order valence-corrected chi connectivity index (χ3v) is 5.14. The summed E-state index contributed by atoms with van der Waals surface area (Å²) in [5.74, 6) is 0.255. The van der Waals surface area contributed by atoms with Crippen LogP contribution in [0.3, 0.4) is 0 Å². The molecule has 0 atom stereocenters. The first kappa shape index (κ1) is 14.9. The highest BCUT2D eigenvalue weighted by Crippen LogP contribution is 2.45. The van der Waals surface area contributed by atoms with Gasteiger partial charge in [-0.2, -0.15) is 0 Å². The molecule has 1 aliphatic carbocycles. The van der Waals surface area contributed by atoms with E-state index in [2.05, 4.69) is 45.0 Å². The second-order valence-corrected chi connectivity index (χ2v) is 5.87. The minimum absolute atomic E-state index is 0.255. The lowest BCUT2D eigenvalue weighted by atomic mass is 10.0. The molecule has 0 bridgehead atoms. The van der Waals surface area contributed by atoms with Crippen molar-refractivity contribution in [2.24, 2.45) is 0 Å². The van der Waals surface area contributed by atoms with Crippen molar-refractivity contribution in [3.05, 3.63) is 65.5 Å². The van der Waals surface area contributed by atoms with Gasteiger partial charge in [-0.3, -0.25) is 0 Å². The van der Waals surface area contributed by atoms with E-state index >= 15 is 0 Å². The van der Waals surface area contributed by atoms with E-state index in [1.165, 1.54) is 11.1 Å². The fraction of sp³-hybridized carbons (Fsp3) is 0.300. The maximum Gasteiger partial charge on any atom is 0.0795 e. The zero-order valence-corrected chi connectivity index (χ0v) is 13.6. The Balaban J connectivity index is 2.33. The second kappa shape index (κ2) is 5.62. The van der Waals surface area contributed by atoms with Crippen molar-refractivity contribution in [3.8, 4) is 11.1 Å². The standard InChI is InChI=1S/C20H23NO/c1-4-21(5-2,6-3)20(22)19-17-13-9-7-11-15(17)16-12-8-10-14-18(16)19/h7-14H,4-6H2,1-3H3. The van der Waals surface area contributed by atoms with Crippen LogP contribution >= 0.6 is 0 Å². The van der Waals surface area contributed by atoms with Crippen LogP contribution in [-0.4, -0.2) is 24.1 Å². The first-order valence-electron chi connectivity index (χ1n) is 8.15. The Bertz CT molecular complexity index is 670. The first-order valence-corrected chi connectivity index (χ1v) is 8.15. The third-order valence-electron chi connectivity index (χ3n) is 5.14. The molecule has 0 saturated heterocycles. The summed E-state index contributed by atoms with van der Waals surface area (Å²) in [5.41, 5.74) is 5.44. The van der Waals surface area contributed by atoms with Gasteiger partial charge in [-0.15, -0.1) is 0 Å². The summed E-state index contributed by atoms with van der Waals surface area (Å²) in [6, 6.07) is 16.5. The molecule has 22 heavy (non-hydrogen) atoms. The molecule has 0 aromatic heterocycles. The number of hydrogen-bond acceptors (Lipinski definition) is 1. The van der Waals surface area contributed by atoms with Crippen molar-refractivity contribution in [2.75, 3.05) is 19.6 Å².